The third-order valence-electron chi connectivity index (χ3n) is 3.29. The number of hydrogen-bond donors (Lipinski definition) is 0. The Morgan fingerprint density at radius 2 is 1.95 bits per heavy atom. The number of hydrogen-bond acceptors (Lipinski definition) is 5. The highest BCUT2D eigenvalue weighted by atomic mass is 32.2. The molecule has 1 aromatic carbocycles. The van der Waals surface area contributed by atoms with Crippen LogP contribution in [0, 0.1) is 0 Å². The van der Waals surface area contributed by atoms with Gasteiger partial charge in [0.05, 0.1) is 0 Å². The zero-order chi connectivity index (χ0) is 16.4. The van der Waals surface area contributed by atoms with Crippen LogP contribution >= 0.6 is 11.8 Å². The zero-order valence-corrected chi connectivity index (χ0v) is 14.2. The maximum Gasteiger partial charge on any atom is 0.326 e. The van der Waals surface area contributed by atoms with Crippen LogP contribution in [0.2, 0.25) is 0 Å². The summed E-state index contributed by atoms with van der Waals surface area (Å²) in [6.45, 7) is 5.84. The summed E-state index contributed by atoms with van der Waals surface area (Å²) in [4.78, 5) is 12.3. The summed E-state index contributed by atoms with van der Waals surface area (Å²) < 4.78 is 14.9. The Morgan fingerprint density at radius 1 is 1.32 bits per heavy atom. The van der Waals surface area contributed by atoms with Crippen LogP contribution in [0.15, 0.2) is 43.0 Å². The molecule has 0 bridgehead atoms. The number of rotatable bonds is 10. The number of ether oxygens (including phenoxy) is 3. The standard InChI is InChI=1S/C17H24O4S/c1-5-17(2,22-12-11-15(19-3)20-4)16(18)21-13-14-9-7-6-8-10-14/h5-10,15H,1,11-13H2,2-4H3/t17-/m1/s1. The largest absolute Gasteiger partial charge is 0.460 e. The third kappa shape index (κ3) is 5.83. The molecule has 1 aromatic rings. The molecule has 0 N–H and O–H groups in total. The molecule has 4 nitrogen and oxygen atoms in total. The normalized spacial score (nSPS) is 13.6. The molecular weight excluding hydrogens is 300 g/mol. The minimum Gasteiger partial charge on any atom is -0.460 e. The van der Waals surface area contributed by atoms with E-state index in [1.54, 1.807) is 20.3 Å². The van der Waals surface area contributed by atoms with Gasteiger partial charge in [-0.2, -0.15) is 0 Å². The predicted molar refractivity (Wildman–Crippen MR) is 89.7 cm³/mol. The zero-order valence-electron chi connectivity index (χ0n) is 13.4. The summed E-state index contributed by atoms with van der Waals surface area (Å²) in [5, 5.41) is 0. The highest BCUT2D eigenvalue weighted by molar-refractivity contribution is 8.01. The number of benzene rings is 1. The molecular formula is C17H24O4S. The van der Waals surface area contributed by atoms with E-state index in [2.05, 4.69) is 6.58 Å². The quantitative estimate of drug-likeness (QED) is 0.375. The van der Waals surface area contributed by atoms with Gasteiger partial charge in [0.1, 0.15) is 11.4 Å². The molecule has 0 spiro atoms. The van der Waals surface area contributed by atoms with E-state index in [0.717, 1.165) is 5.56 Å². The molecule has 0 saturated heterocycles. The van der Waals surface area contributed by atoms with Crippen molar-refractivity contribution < 1.29 is 19.0 Å². The lowest BCUT2D eigenvalue weighted by molar-refractivity contribution is -0.146. The van der Waals surface area contributed by atoms with Crippen LogP contribution in [0.3, 0.4) is 0 Å². The molecule has 0 unspecified atom stereocenters. The van der Waals surface area contributed by atoms with Gasteiger partial charge in [-0.05, 0) is 18.2 Å². The van der Waals surface area contributed by atoms with Crippen molar-refractivity contribution in [2.75, 3.05) is 20.0 Å². The van der Waals surface area contributed by atoms with Gasteiger partial charge < -0.3 is 14.2 Å². The fourth-order valence-corrected chi connectivity index (χ4v) is 2.80. The second kappa shape index (κ2) is 9.66. The summed E-state index contributed by atoms with van der Waals surface area (Å²) in [5.74, 6) is 0.415. The van der Waals surface area contributed by atoms with Crippen LogP contribution in [-0.2, 0) is 25.6 Å². The van der Waals surface area contributed by atoms with Crippen LogP contribution in [0.4, 0.5) is 0 Å². The van der Waals surface area contributed by atoms with E-state index in [1.807, 2.05) is 37.3 Å². The van der Waals surface area contributed by atoms with Gasteiger partial charge in [-0.1, -0.05) is 36.4 Å². The summed E-state index contributed by atoms with van der Waals surface area (Å²) in [6.07, 6.45) is 2.05. The van der Waals surface area contributed by atoms with Gasteiger partial charge in [0, 0.05) is 20.6 Å². The molecule has 0 aliphatic carbocycles. The smallest absolute Gasteiger partial charge is 0.326 e. The first-order valence-corrected chi connectivity index (χ1v) is 8.08. The van der Waals surface area contributed by atoms with Crippen LogP contribution in [0.5, 0.6) is 0 Å². The van der Waals surface area contributed by atoms with Gasteiger partial charge in [-0.25, -0.2) is 0 Å². The Kier molecular flexibility index (Phi) is 8.24. The molecule has 0 heterocycles. The van der Waals surface area contributed by atoms with E-state index in [1.165, 1.54) is 11.8 Å². The molecule has 0 radical (unpaired) electrons. The Balaban J connectivity index is 2.49. The highest BCUT2D eigenvalue weighted by Gasteiger charge is 2.32. The summed E-state index contributed by atoms with van der Waals surface area (Å²) in [7, 11) is 3.19. The number of carbonyl (C=O) groups excluding carboxylic acids is 1. The first-order chi connectivity index (χ1) is 10.6. The van der Waals surface area contributed by atoms with Crippen LogP contribution in [0.25, 0.3) is 0 Å². The molecule has 0 aromatic heterocycles. The lowest BCUT2D eigenvalue weighted by Gasteiger charge is -2.24. The molecule has 122 valence electrons. The van der Waals surface area contributed by atoms with E-state index in [-0.39, 0.29) is 18.9 Å². The summed E-state index contributed by atoms with van der Waals surface area (Å²) >= 11 is 1.47. The second-order valence-corrected chi connectivity index (χ2v) is 6.46. The van der Waals surface area contributed by atoms with Crippen LogP contribution < -0.4 is 0 Å². The highest BCUT2D eigenvalue weighted by Crippen LogP contribution is 2.29. The number of carbonyl (C=O) groups is 1. The molecule has 1 rings (SSSR count). The van der Waals surface area contributed by atoms with Crippen molar-refractivity contribution in [3.05, 3.63) is 48.6 Å². The van der Waals surface area contributed by atoms with E-state index in [4.69, 9.17) is 14.2 Å². The minimum atomic E-state index is -0.777. The molecule has 5 heteroatoms. The van der Waals surface area contributed by atoms with Gasteiger partial charge in [0.15, 0.2) is 6.29 Å². The SMILES string of the molecule is C=C[C@@](C)(SCCC(OC)OC)C(=O)OCc1ccccc1. The fourth-order valence-electron chi connectivity index (χ4n) is 1.77. The molecule has 0 amide bonds. The minimum absolute atomic E-state index is 0.262. The van der Waals surface area contributed by atoms with Crippen molar-refractivity contribution >= 4 is 17.7 Å². The van der Waals surface area contributed by atoms with Crippen molar-refractivity contribution in [2.24, 2.45) is 0 Å². The van der Waals surface area contributed by atoms with E-state index in [0.29, 0.717) is 12.2 Å². The lowest BCUT2D eigenvalue weighted by Crippen LogP contribution is -2.32. The van der Waals surface area contributed by atoms with Gasteiger partial charge in [-0.15, -0.1) is 18.3 Å². The van der Waals surface area contributed by atoms with Crippen molar-refractivity contribution in [1.29, 1.82) is 0 Å². The summed E-state index contributed by atoms with van der Waals surface area (Å²) in [5.41, 5.74) is 0.964. The van der Waals surface area contributed by atoms with E-state index < -0.39 is 4.75 Å². The van der Waals surface area contributed by atoms with E-state index in [9.17, 15) is 4.79 Å². The summed E-state index contributed by atoms with van der Waals surface area (Å²) in [6, 6.07) is 9.61. The molecule has 0 fully saturated rings. The first-order valence-electron chi connectivity index (χ1n) is 7.10. The van der Waals surface area contributed by atoms with Crippen molar-refractivity contribution in [2.45, 2.75) is 31.0 Å². The topological polar surface area (TPSA) is 44.8 Å². The van der Waals surface area contributed by atoms with Gasteiger partial charge in [0.2, 0.25) is 0 Å². The molecule has 22 heavy (non-hydrogen) atoms. The number of esters is 1. The molecule has 0 saturated carbocycles. The maximum absolute atomic E-state index is 12.3. The van der Waals surface area contributed by atoms with Gasteiger partial charge in [-0.3, -0.25) is 4.79 Å². The average molecular weight is 324 g/mol. The second-order valence-electron chi connectivity index (χ2n) is 4.91. The van der Waals surface area contributed by atoms with Gasteiger partial charge in [0.25, 0.3) is 0 Å². The van der Waals surface area contributed by atoms with Gasteiger partial charge >= 0.3 is 5.97 Å². The molecule has 0 aliphatic heterocycles. The monoisotopic (exact) mass is 324 g/mol. The Hall–Kier alpha value is -1.30. The van der Waals surface area contributed by atoms with Crippen molar-refractivity contribution in [1.82, 2.24) is 0 Å². The van der Waals surface area contributed by atoms with E-state index >= 15 is 0 Å². The van der Waals surface area contributed by atoms with Crippen LogP contribution in [-0.4, -0.2) is 37.0 Å². The Morgan fingerprint density at radius 3 is 2.50 bits per heavy atom. The van der Waals surface area contributed by atoms with Crippen molar-refractivity contribution in [3.63, 3.8) is 0 Å². The average Bonchev–Trinajstić information content (AvgIpc) is 2.57. The van der Waals surface area contributed by atoms with Crippen LogP contribution in [0.1, 0.15) is 18.9 Å². The molecule has 0 aliphatic rings. The predicted octanol–water partition coefficient (Wildman–Crippen LogP) is 3.42. The maximum atomic E-state index is 12.3. The number of methoxy groups -OCH3 is 2. The Labute approximate surface area is 136 Å². The fraction of sp³-hybridized carbons (Fsp3) is 0.471. The lowest BCUT2D eigenvalue weighted by atomic mass is 10.2. The molecule has 1 atom stereocenters. The third-order valence-corrected chi connectivity index (χ3v) is 4.66. The van der Waals surface area contributed by atoms with Crippen molar-refractivity contribution in [3.8, 4) is 0 Å². The first kappa shape index (κ1) is 18.7. The number of thioether (sulfide) groups is 1. The Bertz CT molecular complexity index is 459.